The Morgan fingerprint density at radius 1 is 1.09 bits per heavy atom. The van der Waals surface area contributed by atoms with Gasteiger partial charge in [0.15, 0.2) is 0 Å². The Morgan fingerprint density at radius 3 is 2.39 bits per heavy atom. The third-order valence-corrected chi connectivity index (χ3v) is 2.91. The Kier molecular flexibility index (Phi) is 4.96. The zero-order valence-electron chi connectivity index (χ0n) is 11.9. The molecule has 0 heterocycles. The van der Waals surface area contributed by atoms with Gasteiger partial charge in [0, 0.05) is 11.9 Å². The van der Waals surface area contributed by atoms with Crippen molar-refractivity contribution in [2.45, 2.75) is 0 Å². The first-order valence-corrected chi connectivity index (χ1v) is 6.60. The van der Waals surface area contributed by atoms with E-state index in [0.29, 0.717) is 11.3 Å². The molecule has 1 amide bonds. The first kappa shape index (κ1) is 15.6. The van der Waals surface area contributed by atoms with Gasteiger partial charge < -0.3 is 15.7 Å². The molecule has 112 valence electrons. The molecule has 0 radical (unpaired) electrons. The van der Waals surface area contributed by atoms with Crippen LogP contribution in [0.15, 0.2) is 60.3 Å². The first-order chi connectivity index (χ1) is 11.1. The van der Waals surface area contributed by atoms with E-state index in [1.54, 1.807) is 42.5 Å². The van der Waals surface area contributed by atoms with Crippen LogP contribution in [-0.2, 0) is 4.79 Å². The van der Waals surface area contributed by atoms with E-state index in [-0.39, 0.29) is 17.0 Å². The number of nitrogens with zero attached hydrogens (tertiary/aromatic N) is 2. The van der Waals surface area contributed by atoms with Crippen LogP contribution in [0.2, 0.25) is 0 Å². The summed E-state index contributed by atoms with van der Waals surface area (Å²) in [7, 11) is 0. The van der Waals surface area contributed by atoms with E-state index in [1.807, 2.05) is 6.07 Å². The Hall–Kier alpha value is -3.77. The van der Waals surface area contributed by atoms with Gasteiger partial charge in [0.25, 0.3) is 5.91 Å². The summed E-state index contributed by atoms with van der Waals surface area (Å²) in [5.74, 6) is -0.728. The molecule has 23 heavy (non-hydrogen) atoms. The Labute approximate surface area is 132 Å². The molecule has 0 aliphatic heterocycles. The van der Waals surface area contributed by atoms with Crippen LogP contribution in [0.4, 0.5) is 11.4 Å². The minimum Gasteiger partial charge on any atom is -0.506 e. The van der Waals surface area contributed by atoms with Crippen LogP contribution in [0, 0.1) is 22.7 Å². The topological polar surface area (TPSA) is 109 Å². The van der Waals surface area contributed by atoms with Gasteiger partial charge in [-0.05, 0) is 36.4 Å². The smallest absolute Gasteiger partial charge is 0.267 e. The number of carbonyl (C=O) groups is 1. The number of anilines is 2. The number of hydrogen-bond donors (Lipinski definition) is 3. The van der Waals surface area contributed by atoms with E-state index in [9.17, 15) is 9.90 Å². The number of benzene rings is 2. The quantitative estimate of drug-likeness (QED) is 0.457. The summed E-state index contributed by atoms with van der Waals surface area (Å²) in [5.41, 5.74) is 1.21. The molecule has 0 spiro atoms. The number of phenols is 1. The van der Waals surface area contributed by atoms with E-state index in [0.717, 1.165) is 0 Å². The van der Waals surface area contributed by atoms with Crippen molar-refractivity contribution in [1.29, 1.82) is 10.5 Å². The summed E-state index contributed by atoms with van der Waals surface area (Å²) in [6, 6.07) is 16.6. The molecular formula is C17H12N4O2. The van der Waals surface area contributed by atoms with Crippen molar-refractivity contribution in [1.82, 2.24) is 0 Å². The van der Waals surface area contributed by atoms with Gasteiger partial charge in [-0.2, -0.15) is 10.5 Å². The Balaban J connectivity index is 2.09. The summed E-state index contributed by atoms with van der Waals surface area (Å²) in [4.78, 5) is 12.0. The number of amides is 1. The number of rotatable bonds is 4. The summed E-state index contributed by atoms with van der Waals surface area (Å²) < 4.78 is 0. The molecule has 3 N–H and O–H groups in total. The highest BCUT2D eigenvalue weighted by Gasteiger charge is 2.11. The van der Waals surface area contributed by atoms with E-state index in [4.69, 9.17) is 10.5 Å². The van der Waals surface area contributed by atoms with Crippen LogP contribution in [0.3, 0.4) is 0 Å². The third kappa shape index (κ3) is 4.10. The maximum atomic E-state index is 12.0. The lowest BCUT2D eigenvalue weighted by molar-refractivity contribution is -0.112. The zero-order valence-corrected chi connectivity index (χ0v) is 11.9. The van der Waals surface area contributed by atoms with Crippen molar-refractivity contribution in [2.24, 2.45) is 0 Å². The molecule has 0 unspecified atom stereocenters. The maximum absolute atomic E-state index is 12.0. The average Bonchev–Trinajstić information content (AvgIpc) is 2.58. The molecule has 0 saturated heterocycles. The number of hydrogen-bond acceptors (Lipinski definition) is 5. The SMILES string of the molecule is N#C/C(=C/Nc1ccc(C#N)cc1)C(=O)Nc1ccccc1O. The van der Waals surface area contributed by atoms with Crippen LogP contribution >= 0.6 is 0 Å². The number of nitriles is 2. The Morgan fingerprint density at radius 2 is 1.78 bits per heavy atom. The lowest BCUT2D eigenvalue weighted by Crippen LogP contribution is -2.14. The van der Waals surface area contributed by atoms with Crippen molar-refractivity contribution < 1.29 is 9.90 Å². The molecule has 2 rings (SSSR count). The minimum absolute atomic E-state index is 0.0850. The molecule has 0 bridgehead atoms. The van der Waals surface area contributed by atoms with Crippen molar-refractivity contribution in [3.05, 3.63) is 65.9 Å². The van der Waals surface area contributed by atoms with Crippen molar-refractivity contribution in [2.75, 3.05) is 10.6 Å². The second-order valence-corrected chi connectivity index (χ2v) is 4.47. The fourth-order valence-corrected chi connectivity index (χ4v) is 1.71. The molecule has 0 saturated carbocycles. The van der Waals surface area contributed by atoms with E-state index in [2.05, 4.69) is 10.6 Å². The highest BCUT2D eigenvalue weighted by atomic mass is 16.3. The second-order valence-electron chi connectivity index (χ2n) is 4.47. The summed E-state index contributed by atoms with van der Waals surface area (Å²) in [6.07, 6.45) is 1.26. The van der Waals surface area contributed by atoms with Gasteiger partial charge in [-0.1, -0.05) is 12.1 Å². The fourth-order valence-electron chi connectivity index (χ4n) is 1.71. The lowest BCUT2D eigenvalue weighted by Gasteiger charge is -2.06. The molecule has 0 aliphatic carbocycles. The first-order valence-electron chi connectivity index (χ1n) is 6.60. The normalized spacial score (nSPS) is 10.3. The van der Waals surface area contributed by atoms with Gasteiger partial charge in [0.1, 0.15) is 17.4 Å². The molecule has 0 atom stereocenters. The zero-order chi connectivity index (χ0) is 16.7. The molecule has 6 heteroatoms. The maximum Gasteiger partial charge on any atom is 0.267 e. The highest BCUT2D eigenvalue weighted by molar-refractivity contribution is 6.07. The molecule has 6 nitrogen and oxygen atoms in total. The van der Waals surface area contributed by atoms with Crippen molar-refractivity contribution in [3.63, 3.8) is 0 Å². The largest absolute Gasteiger partial charge is 0.506 e. The summed E-state index contributed by atoms with van der Waals surface area (Å²) in [6.45, 7) is 0. The number of phenolic OH excluding ortho intramolecular Hbond substituents is 1. The molecule has 0 aromatic heterocycles. The van der Waals surface area contributed by atoms with Gasteiger partial charge in [0.05, 0.1) is 17.3 Å². The monoisotopic (exact) mass is 304 g/mol. The lowest BCUT2D eigenvalue weighted by atomic mass is 10.2. The third-order valence-electron chi connectivity index (χ3n) is 2.91. The number of para-hydroxylation sites is 2. The summed E-state index contributed by atoms with van der Waals surface area (Å²) >= 11 is 0. The number of nitrogens with one attached hydrogen (secondary N) is 2. The summed E-state index contributed by atoms with van der Waals surface area (Å²) in [5, 5.41) is 32.7. The molecular weight excluding hydrogens is 292 g/mol. The van der Waals surface area contributed by atoms with Crippen molar-refractivity contribution >= 4 is 17.3 Å². The molecule has 0 fully saturated rings. The van der Waals surface area contributed by atoms with Crippen LogP contribution in [0.1, 0.15) is 5.56 Å². The van der Waals surface area contributed by atoms with Gasteiger partial charge in [-0.25, -0.2) is 0 Å². The minimum atomic E-state index is -0.643. The van der Waals surface area contributed by atoms with Crippen molar-refractivity contribution in [3.8, 4) is 17.9 Å². The standard InChI is InChI=1S/C17H12N4O2/c18-9-12-5-7-14(8-6-12)20-11-13(10-19)17(23)21-15-3-1-2-4-16(15)22/h1-8,11,20,22H,(H,21,23)/b13-11-. The second kappa shape index (κ2) is 7.30. The van der Waals surface area contributed by atoms with E-state index in [1.165, 1.54) is 18.3 Å². The van der Waals surface area contributed by atoms with Crippen LogP contribution in [-0.4, -0.2) is 11.0 Å². The number of carbonyl (C=O) groups excluding carboxylic acids is 1. The van der Waals surface area contributed by atoms with Gasteiger partial charge in [0.2, 0.25) is 0 Å². The van der Waals surface area contributed by atoms with Crippen LogP contribution in [0.5, 0.6) is 5.75 Å². The fraction of sp³-hybridized carbons (Fsp3) is 0. The Bertz CT molecular complexity index is 827. The van der Waals surface area contributed by atoms with Crippen LogP contribution < -0.4 is 10.6 Å². The van der Waals surface area contributed by atoms with Crippen LogP contribution in [0.25, 0.3) is 0 Å². The molecule has 2 aromatic carbocycles. The molecule has 2 aromatic rings. The van der Waals surface area contributed by atoms with Gasteiger partial charge >= 0.3 is 0 Å². The average molecular weight is 304 g/mol. The van der Waals surface area contributed by atoms with E-state index >= 15 is 0 Å². The van der Waals surface area contributed by atoms with Gasteiger partial charge in [-0.3, -0.25) is 4.79 Å². The van der Waals surface area contributed by atoms with Gasteiger partial charge in [-0.15, -0.1) is 0 Å². The highest BCUT2D eigenvalue weighted by Crippen LogP contribution is 2.22. The predicted molar refractivity (Wildman–Crippen MR) is 85.2 cm³/mol. The predicted octanol–water partition coefficient (Wildman–Crippen LogP) is 2.72. The molecule has 0 aliphatic rings. The number of aromatic hydroxyl groups is 1. The van der Waals surface area contributed by atoms with E-state index < -0.39 is 5.91 Å².